The van der Waals surface area contributed by atoms with Gasteiger partial charge in [0.2, 0.25) is 0 Å². The molecule has 1 heterocycles. The van der Waals surface area contributed by atoms with Crippen molar-refractivity contribution in [3.63, 3.8) is 0 Å². The van der Waals surface area contributed by atoms with Gasteiger partial charge in [-0.1, -0.05) is 18.6 Å². The van der Waals surface area contributed by atoms with Crippen molar-refractivity contribution >= 4 is 0 Å². The molecule has 1 aliphatic rings. The first kappa shape index (κ1) is 18.7. The zero-order chi connectivity index (χ0) is 17.2. The number of hydrogen-bond acceptors (Lipinski definition) is 6. The molecular formula is C18H27N3O3. The fourth-order valence-corrected chi connectivity index (χ4v) is 3.06. The molecule has 0 aliphatic carbocycles. The van der Waals surface area contributed by atoms with E-state index in [2.05, 4.69) is 16.3 Å². The van der Waals surface area contributed by atoms with E-state index in [1.165, 1.54) is 12.8 Å². The Bertz CT molecular complexity index is 530. The number of hydrogen-bond donors (Lipinski definition) is 3. The monoisotopic (exact) mass is 333 g/mol. The second-order valence-corrected chi connectivity index (χ2v) is 6.14. The van der Waals surface area contributed by atoms with Crippen LogP contribution >= 0.6 is 0 Å². The molecule has 3 N–H and O–H groups in total. The Morgan fingerprint density at radius 2 is 2.21 bits per heavy atom. The average molecular weight is 333 g/mol. The van der Waals surface area contributed by atoms with Gasteiger partial charge in [0, 0.05) is 25.7 Å². The predicted octanol–water partition coefficient (Wildman–Crippen LogP) is 0.734. The third-order valence-electron chi connectivity index (χ3n) is 4.33. The van der Waals surface area contributed by atoms with Crippen molar-refractivity contribution in [2.45, 2.75) is 31.4 Å². The summed E-state index contributed by atoms with van der Waals surface area (Å²) in [6, 6.07) is 9.50. The highest BCUT2D eigenvalue weighted by molar-refractivity contribution is 5.42. The Labute approximate surface area is 143 Å². The Hall–Kier alpha value is -1.65. The average Bonchev–Trinajstić information content (AvgIpc) is 2.62. The number of piperidine rings is 1. The van der Waals surface area contributed by atoms with Crippen LogP contribution in [0.25, 0.3) is 0 Å². The SMILES string of the molecule is N#Cc1ccccc1OCC(O)CNCC1CCCCN1CCO. The first-order valence-electron chi connectivity index (χ1n) is 8.60. The van der Waals surface area contributed by atoms with E-state index >= 15 is 0 Å². The summed E-state index contributed by atoms with van der Waals surface area (Å²) in [5, 5.41) is 31.5. The van der Waals surface area contributed by atoms with Gasteiger partial charge in [0.1, 0.15) is 24.5 Å². The molecule has 0 saturated carbocycles. The maximum absolute atomic E-state index is 10.0. The van der Waals surface area contributed by atoms with Gasteiger partial charge < -0.3 is 20.3 Å². The highest BCUT2D eigenvalue weighted by Crippen LogP contribution is 2.17. The lowest BCUT2D eigenvalue weighted by Gasteiger charge is -2.35. The zero-order valence-corrected chi connectivity index (χ0v) is 14.0. The first-order chi connectivity index (χ1) is 11.7. The summed E-state index contributed by atoms with van der Waals surface area (Å²) in [7, 11) is 0. The van der Waals surface area contributed by atoms with Crippen LogP contribution in [-0.2, 0) is 0 Å². The topological polar surface area (TPSA) is 88.8 Å². The van der Waals surface area contributed by atoms with Crippen LogP contribution in [0.1, 0.15) is 24.8 Å². The van der Waals surface area contributed by atoms with Crippen LogP contribution in [-0.4, -0.2) is 66.7 Å². The molecule has 1 aliphatic heterocycles. The van der Waals surface area contributed by atoms with E-state index in [1.54, 1.807) is 24.3 Å². The van der Waals surface area contributed by atoms with Crippen LogP contribution in [0, 0.1) is 11.3 Å². The summed E-state index contributed by atoms with van der Waals surface area (Å²) in [5.74, 6) is 0.500. The van der Waals surface area contributed by atoms with Crippen molar-refractivity contribution in [1.82, 2.24) is 10.2 Å². The first-order valence-corrected chi connectivity index (χ1v) is 8.60. The van der Waals surface area contributed by atoms with Crippen LogP contribution in [0.2, 0.25) is 0 Å². The minimum Gasteiger partial charge on any atom is -0.489 e. The summed E-state index contributed by atoms with van der Waals surface area (Å²) in [6.07, 6.45) is 2.89. The molecule has 1 saturated heterocycles. The molecule has 1 aromatic carbocycles. The van der Waals surface area contributed by atoms with E-state index in [-0.39, 0.29) is 13.2 Å². The van der Waals surface area contributed by atoms with Crippen molar-refractivity contribution in [1.29, 1.82) is 5.26 Å². The summed E-state index contributed by atoms with van der Waals surface area (Å²) in [5.41, 5.74) is 0.472. The summed E-state index contributed by atoms with van der Waals surface area (Å²) < 4.78 is 5.54. The molecule has 0 radical (unpaired) electrons. The summed E-state index contributed by atoms with van der Waals surface area (Å²) in [4.78, 5) is 2.31. The van der Waals surface area contributed by atoms with E-state index in [9.17, 15) is 5.11 Å². The number of nitrogens with zero attached hydrogens (tertiary/aromatic N) is 2. The van der Waals surface area contributed by atoms with Crippen molar-refractivity contribution in [2.75, 3.05) is 39.4 Å². The van der Waals surface area contributed by atoms with Gasteiger partial charge in [-0.15, -0.1) is 0 Å². The largest absolute Gasteiger partial charge is 0.489 e. The molecule has 132 valence electrons. The summed E-state index contributed by atoms with van der Waals surface area (Å²) >= 11 is 0. The Morgan fingerprint density at radius 3 is 3.00 bits per heavy atom. The Morgan fingerprint density at radius 1 is 1.38 bits per heavy atom. The lowest BCUT2D eigenvalue weighted by molar-refractivity contribution is 0.0927. The number of β-amino-alcohol motifs (C(OH)–C–C–N with tert-alkyl or cyclic N) is 1. The normalized spacial score (nSPS) is 19.6. The van der Waals surface area contributed by atoms with Crippen LogP contribution < -0.4 is 10.1 Å². The fraction of sp³-hybridized carbons (Fsp3) is 0.611. The highest BCUT2D eigenvalue weighted by Gasteiger charge is 2.21. The van der Waals surface area contributed by atoms with Crippen LogP contribution in [0.15, 0.2) is 24.3 Å². The zero-order valence-electron chi connectivity index (χ0n) is 14.0. The molecular weight excluding hydrogens is 306 g/mol. The molecule has 0 spiro atoms. The lowest BCUT2D eigenvalue weighted by atomic mass is 10.0. The molecule has 0 aromatic heterocycles. The van der Waals surface area contributed by atoms with Gasteiger partial charge in [0.25, 0.3) is 0 Å². The number of rotatable bonds is 9. The van der Waals surface area contributed by atoms with E-state index in [0.29, 0.717) is 30.4 Å². The molecule has 6 heteroatoms. The van der Waals surface area contributed by atoms with Gasteiger partial charge in [-0.05, 0) is 31.5 Å². The standard InChI is InChI=1S/C18H27N3O3/c19-11-15-5-1-2-7-18(15)24-14-17(23)13-20-12-16-6-3-4-8-21(16)9-10-22/h1-2,5,7,16-17,20,22-23H,3-4,6,8-10,12-14H2. The Balaban J connectivity index is 1.69. The third-order valence-corrected chi connectivity index (χ3v) is 4.33. The Kier molecular flexibility index (Phi) is 7.99. The second kappa shape index (κ2) is 10.3. The highest BCUT2D eigenvalue weighted by atomic mass is 16.5. The maximum Gasteiger partial charge on any atom is 0.137 e. The van der Waals surface area contributed by atoms with Crippen LogP contribution in [0.3, 0.4) is 0 Å². The number of likely N-dealkylation sites (tertiary alicyclic amines) is 1. The van der Waals surface area contributed by atoms with Gasteiger partial charge in [0.15, 0.2) is 0 Å². The minimum atomic E-state index is -0.633. The number of nitriles is 1. The number of aliphatic hydroxyl groups is 2. The van der Waals surface area contributed by atoms with Crippen LogP contribution in [0.5, 0.6) is 5.75 Å². The molecule has 2 unspecified atom stereocenters. The number of aliphatic hydroxyl groups excluding tert-OH is 2. The predicted molar refractivity (Wildman–Crippen MR) is 91.8 cm³/mol. The molecule has 24 heavy (non-hydrogen) atoms. The quantitative estimate of drug-likeness (QED) is 0.617. The minimum absolute atomic E-state index is 0.150. The van der Waals surface area contributed by atoms with Gasteiger partial charge in [-0.3, -0.25) is 4.90 Å². The van der Waals surface area contributed by atoms with Gasteiger partial charge >= 0.3 is 0 Å². The number of para-hydroxylation sites is 1. The molecule has 2 atom stereocenters. The fourth-order valence-electron chi connectivity index (χ4n) is 3.06. The van der Waals surface area contributed by atoms with Gasteiger partial charge in [0.05, 0.1) is 12.2 Å². The number of ether oxygens (including phenoxy) is 1. The lowest BCUT2D eigenvalue weighted by Crippen LogP contribution is -2.47. The molecule has 1 aromatic rings. The second-order valence-electron chi connectivity index (χ2n) is 6.14. The summed E-state index contributed by atoms with van der Waals surface area (Å²) in [6.45, 7) is 3.32. The van der Waals surface area contributed by atoms with Gasteiger partial charge in [-0.2, -0.15) is 5.26 Å². The van der Waals surface area contributed by atoms with E-state index < -0.39 is 6.10 Å². The number of benzene rings is 1. The van der Waals surface area contributed by atoms with Crippen LogP contribution in [0.4, 0.5) is 0 Å². The number of nitrogens with one attached hydrogen (secondary N) is 1. The van der Waals surface area contributed by atoms with E-state index in [0.717, 1.165) is 19.5 Å². The molecule has 2 rings (SSSR count). The molecule has 0 bridgehead atoms. The van der Waals surface area contributed by atoms with Gasteiger partial charge in [-0.25, -0.2) is 0 Å². The van der Waals surface area contributed by atoms with Crippen molar-refractivity contribution < 1.29 is 14.9 Å². The molecule has 0 amide bonds. The molecule has 1 fully saturated rings. The smallest absolute Gasteiger partial charge is 0.137 e. The molecule has 6 nitrogen and oxygen atoms in total. The van der Waals surface area contributed by atoms with E-state index in [1.807, 2.05) is 0 Å². The van der Waals surface area contributed by atoms with Crippen molar-refractivity contribution in [3.8, 4) is 11.8 Å². The third kappa shape index (κ3) is 5.77. The van der Waals surface area contributed by atoms with Crippen molar-refractivity contribution in [3.05, 3.63) is 29.8 Å². The van der Waals surface area contributed by atoms with Crippen molar-refractivity contribution in [2.24, 2.45) is 0 Å². The van der Waals surface area contributed by atoms with E-state index in [4.69, 9.17) is 15.1 Å². The maximum atomic E-state index is 10.0.